The molecule has 0 unspecified atom stereocenters. The predicted octanol–water partition coefficient (Wildman–Crippen LogP) is 0.329. The summed E-state index contributed by atoms with van der Waals surface area (Å²) in [6.07, 6.45) is 0.288. The van der Waals surface area contributed by atoms with E-state index in [0.29, 0.717) is 23.7 Å². The molecule has 0 aromatic heterocycles. The van der Waals surface area contributed by atoms with Crippen LogP contribution >= 0.6 is 0 Å². The Morgan fingerprint density at radius 2 is 2.33 bits per heavy atom. The van der Waals surface area contributed by atoms with Crippen LogP contribution in [0.5, 0.6) is 5.75 Å². The van der Waals surface area contributed by atoms with E-state index in [2.05, 4.69) is 5.32 Å². The lowest BCUT2D eigenvalue weighted by molar-refractivity contribution is -0.119. The normalized spacial score (nSPS) is 13.3. The average Bonchev–Trinajstić information content (AvgIpc) is 2.37. The molecule has 6 heteroatoms. The molecular weight excluding hydrogens is 234 g/mol. The van der Waals surface area contributed by atoms with Crippen molar-refractivity contribution in [1.82, 2.24) is 0 Å². The van der Waals surface area contributed by atoms with E-state index in [1.165, 1.54) is 4.90 Å². The Morgan fingerprint density at radius 1 is 1.56 bits per heavy atom. The van der Waals surface area contributed by atoms with Gasteiger partial charge >= 0.3 is 0 Å². The second kappa shape index (κ2) is 5.05. The number of hydrogen-bond donors (Lipinski definition) is 2. The number of amides is 2. The van der Waals surface area contributed by atoms with Crippen LogP contribution in [0.1, 0.15) is 6.42 Å². The first kappa shape index (κ1) is 12.4. The number of anilines is 2. The molecule has 2 amide bonds. The molecule has 18 heavy (non-hydrogen) atoms. The molecule has 0 bridgehead atoms. The highest BCUT2D eigenvalue weighted by Gasteiger charge is 2.18. The molecule has 1 aliphatic rings. The molecule has 6 nitrogen and oxygen atoms in total. The number of benzene rings is 1. The van der Waals surface area contributed by atoms with Crippen LogP contribution in [-0.4, -0.2) is 32.0 Å². The lowest BCUT2D eigenvalue weighted by Gasteiger charge is -2.22. The summed E-state index contributed by atoms with van der Waals surface area (Å²) < 4.78 is 5.24. The lowest BCUT2D eigenvalue weighted by Crippen LogP contribution is -2.29. The second-order valence-corrected chi connectivity index (χ2v) is 4.01. The van der Waals surface area contributed by atoms with Crippen molar-refractivity contribution in [3.63, 3.8) is 0 Å². The molecule has 2 rings (SSSR count). The minimum atomic E-state index is -0.199. The van der Waals surface area contributed by atoms with Crippen LogP contribution < -0.4 is 20.7 Å². The van der Waals surface area contributed by atoms with Gasteiger partial charge in [0.1, 0.15) is 5.75 Å². The molecule has 0 saturated heterocycles. The molecule has 1 aromatic rings. The van der Waals surface area contributed by atoms with Gasteiger partial charge in [-0.3, -0.25) is 9.59 Å². The Morgan fingerprint density at radius 3 is 3.06 bits per heavy atom. The summed E-state index contributed by atoms with van der Waals surface area (Å²) in [6, 6.07) is 5.21. The van der Waals surface area contributed by atoms with Crippen molar-refractivity contribution < 1.29 is 14.3 Å². The summed E-state index contributed by atoms with van der Waals surface area (Å²) in [6.45, 7) is 0.336. The van der Waals surface area contributed by atoms with Gasteiger partial charge in [0.2, 0.25) is 5.91 Å². The third kappa shape index (κ3) is 2.43. The van der Waals surface area contributed by atoms with Gasteiger partial charge in [-0.25, -0.2) is 0 Å². The fraction of sp³-hybridized carbons (Fsp3) is 0.333. The number of hydrogen-bond acceptors (Lipinski definition) is 4. The van der Waals surface area contributed by atoms with E-state index < -0.39 is 0 Å². The van der Waals surface area contributed by atoms with Gasteiger partial charge in [0, 0.05) is 25.7 Å². The number of rotatable bonds is 3. The number of nitrogens with one attached hydrogen (secondary N) is 1. The van der Waals surface area contributed by atoms with Crippen molar-refractivity contribution in [2.75, 3.05) is 30.4 Å². The van der Waals surface area contributed by atoms with Gasteiger partial charge in [-0.05, 0) is 18.2 Å². The highest BCUT2D eigenvalue weighted by Crippen LogP contribution is 2.31. The molecule has 0 saturated carbocycles. The number of carbonyl (C=O) groups is 2. The van der Waals surface area contributed by atoms with E-state index in [-0.39, 0.29) is 24.8 Å². The molecule has 0 spiro atoms. The predicted molar refractivity (Wildman–Crippen MR) is 67.6 cm³/mol. The molecule has 1 aromatic carbocycles. The van der Waals surface area contributed by atoms with Crippen LogP contribution in [0.15, 0.2) is 18.2 Å². The number of nitrogens with two attached hydrogens (primary N) is 1. The molecule has 0 radical (unpaired) electrons. The zero-order valence-electron chi connectivity index (χ0n) is 10.1. The van der Waals surface area contributed by atoms with Crippen LogP contribution in [0.3, 0.4) is 0 Å². The summed E-state index contributed by atoms with van der Waals surface area (Å²) in [7, 11) is 1.67. The van der Waals surface area contributed by atoms with Crippen molar-refractivity contribution in [2.24, 2.45) is 5.73 Å². The fourth-order valence-corrected chi connectivity index (χ4v) is 1.71. The maximum Gasteiger partial charge on any atom is 0.262 e. The summed E-state index contributed by atoms with van der Waals surface area (Å²) in [5.41, 5.74) is 6.62. The van der Waals surface area contributed by atoms with Crippen molar-refractivity contribution in [3.8, 4) is 5.75 Å². The SMILES string of the molecule is CN(C(=O)CCN)c1ccc2c(c1)NC(=O)CO2. The first-order valence-corrected chi connectivity index (χ1v) is 5.65. The van der Waals surface area contributed by atoms with Crippen LogP contribution in [0.4, 0.5) is 11.4 Å². The Kier molecular flexibility index (Phi) is 3.47. The summed E-state index contributed by atoms with van der Waals surface area (Å²) in [5.74, 6) is 0.342. The molecule has 0 atom stereocenters. The fourth-order valence-electron chi connectivity index (χ4n) is 1.71. The van der Waals surface area contributed by atoms with E-state index in [0.717, 1.165) is 0 Å². The first-order valence-electron chi connectivity index (χ1n) is 5.65. The maximum atomic E-state index is 11.7. The van der Waals surface area contributed by atoms with E-state index in [1.54, 1.807) is 25.2 Å². The molecule has 0 fully saturated rings. The molecule has 1 heterocycles. The van der Waals surface area contributed by atoms with Gasteiger partial charge in [-0.2, -0.15) is 0 Å². The van der Waals surface area contributed by atoms with Gasteiger partial charge in [0.25, 0.3) is 5.91 Å². The van der Waals surface area contributed by atoms with Gasteiger partial charge in [0.05, 0.1) is 5.69 Å². The standard InChI is InChI=1S/C12H15N3O3/c1-15(12(17)4-5-13)8-2-3-10-9(6-8)14-11(16)7-18-10/h2-3,6H,4-5,7,13H2,1H3,(H,14,16). The average molecular weight is 249 g/mol. The van der Waals surface area contributed by atoms with Crippen LogP contribution in [-0.2, 0) is 9.59 Å². The van der Waals surface area contributed by atoms with E-state index in [9.17, 15) is 9.59 Å². The summed E-state index contributed by atoms with van der Waals surface area (Å²) >= 11 is 0. The van der Waals surface area contributed by atoms with Crippen molar-refractivity contribution in [2.45, 2.75) is 6.42 Å². The monoisotopic (exact) mass is 249 g/mol. The minimum absolute atomic E-state index is 0.0221. The summed E-state index contributed by atoms with van der Waals surface area (Å²) in [5, 5.41) is 2.70. The van der Waals surface area contributed by atoms with Crippen molar-refractivity contribution >= 4 is 23.2 Å². The van der Waals surface area contributed by atoms with E-state index in [4.69, 9.17) is 10.5 Å². The van der Waals surface area contributed by atoms with E-state index in [1.807, 2.05) is 0 Å². The quantitative estimate of drug-likeness (QED) is 0.808. The molecule has 1 aliphatic heterocycles. The third-order valence-electron chi connectivity index (χ3n) is 2.72. The largest absolute Gasteiger partial charge is 0.482 e. The van der Waals surface area contributed by atoms with Gasteiger partial charge in [-0.1, -0.05) is 0 Å². The van der Waals surface area contributed by atoms with Crippen LogP contribution in [0, 0.1) is 0 Å². The third-order valence-corrected chi connectivity index (χ3v) is 2.72. The number of ether oxygens (including phenoxy) is 1. The zero-order valence-corrected chi connectivity index (χ0v) is 10.1. The van der Waals surface area contributed by atoms with Gasteiger partial charge in [0.15, 0.2) is 6.61 Å². The van der Waals surface area contributed by atoms with E-state index >= 15 is 0 Å². The van der Waals surface area contributed by atoms with Crippen molar-refractivity contribution in [3.05, 3.63) is 18.2 Å². The minimum Gasteiger partial charge on any atom is -0.482 e. The number of fused-ring (bicyclic) bond motifs is 1. The second-order valence-electron chi connectivity index (χ2n) is 4.01. The van der Waals surface area contributed by atoms with Gasteiger partial charge < -0.3 is 20.7 Å². The maximum absolute atomic E-state index is 11.7. The number of nitrogens with zero attached hydrogens (tertiary/aromatic N) is 1. The Hall–Kier alpha value is -2.08. The van der Waals surface area contributed by atoms with Crippen molar-refractivity contribution in [1.29, 1.82) is 0 Å². The Balaban J connectivity index is 2.22. The highest BCUT2D eigenvalue weighted by atomic mass is 16.5. The zero-order chi connectivity index (χ0) is 13.1. The molecular formula is C12H15N3O3. The van der Waals surface area contributed by atoms with Crippen LogP contribution in [0.25, 0.3) is 0 Å². The van der Waals surface area contributed by atoms with Gasteiger partial charge in [-0.15, -0.1) is 0 Å². The first-order chi connectivity index (χ1) is 8.61. The molecule has 96 valence electrons. The summed E-state index contributed by atoms with van der Waals surface area (Å²) in [4.78, 5) is 24.4. The molecule has 0 aliphatic carbocycles. The topological polar surface area (TPSA) is 84.7 Å². The number of carbonyl (C=O) groups excluding carboxylic acids is 2. The Labute approximate surface area is 105 Å². The highest BCUT2D eigenvalue weighted by molar-refractivity contribution is 5.98. The van der Waals surface area contributed by atoms with Crippen LogP contribution in [0.2, 0.25) is 0 Å². The smallest absolute Gasteiger partial charge is 0.262 e. The lowest BCUT2D eigenvalue weighted by atomic mass is 10.2. The molecule has 3 N–H and O–H groups in total. The Bertz CT molecular complexity index is 487.